The normalized spacial score (nSPS) is 18.6. The fourth-order valence-electron chi connectivity index (χ4n) is 2.90. The summed E-state index contributed by atoms with van der Waals surface area (Å²) < 4.78 is 7.22. The number of rotatable bonds is 4. The molecule has 0 radical (unpaired) electrons. The lowest BCUT2D eigenvalue weighted by Gasteiger charge is -2.33. The number of piperidine rings is 1. The number of methoxy groups -OCH3 is 1. The standard InChI is InChI=1S/C15H20N4O2S/c1-11-16-5-7-19(11)12-4-3-6-18(8-12)15(20)13-10-22-14(17-13)9-21-2/h5,7,10,12H,3-4,6,8-9H2,1-2H3. The molecule has 3 heterocycles. The molecule has 0 bridgehead atoms. The zero-order valence-corrected chi connectivity index (χ0v) is 13.7. The first-order valence-electron chi connectivity index (χ1n) is 7.41. The van der Waals surface area contributed by atoms with Crippen molar-refractivity contribution in [1.82, 2.24) is 19.4 Å². The lowest BCUT2D eigenvalue weighted by Crippen LogP contribution is -2.41. The number of thiazole rings is 1. The van der Waals surface area contributed by atoms with Crippen LogP contribution >= 0.6 is 11.3 Å². The SMILES string of the molecule is COCc1nc(C(=O)N2CCCC(n3ccnc3C)C2)cs1. The number of aryl methyl sites for hydroxylation is 1. The van der Waals surface area contributed by atoms with Gasteiger partial charge in [-0.05, 0) is 19.8 Å². The number of nitrogens with zero attached hydrogens (tertiary/aromatic N) is 4. The lowest BCUT2D eigenvalue weighted by molar-refractivity contribution is 0.0672. The molecular formula is C15H20N4O2S. The van der Waals surface area contributed by atoms with Gasteiger partial charge in [0, 0.05) is 38.0 Å². The molecule has 2 aromatic rings. The molecule has 1 unspecified atom stereocenters. The summed E-state index contributed by atoms with van der Waals surface area (Å²) in [7, 11) is 1.63. The van der Waals surface area contributed by atoms with Gasteiger partial charge < -0.3 is 14.2 Å². The topological polar surface area (TPSA) is 60.2 Å². The maximum absolute atomic E-state index is 12.6. The molecule has 1 fully saturated rings. The number of aromatic nitrogens is 3. The van der Waals surface area contributed by atoms with Crippen LogP contribution in [0.25, 0.3) is 0 Å². The summed E-state index contributed by atoms with van der Waals surface area (Å²) in [5.74, 6) is 1.01. The van der Waals surface area contributed by atoms with Crippen LogP contribution in [0, 0.1) is 6.92 Å². The van der Waals surface area contributed by atoms with Gasteiger partial charge in [0.25, 0.3) is 5.91 Å². The van der Waals surface area contributed by atoms with Crippen LogP contribution in [0.1, 0.15) is 40.2 Å². The van der Waals surface area contributed by atoms with Crippen LogP contribution in [0.5, 0.6) is 0 Å². The van der Waals surface area contributed by atoms with E-state index in [-0.39, 0.29) is 5.91 Å². The van der Waals surface area contributed by atoms with E-state index in [4.69, 9.17) is 4.74 Å². The largest absolute Gasteiger partial charge is 0.378 e. The molecule has 0 saturated carbocycles. The van der Waals surface area contributed by atoms with Crippen molar-refractivity contribution < 1.29 is 9.53 Å². The van der Waals surface area contributed by atoms with Crippen LogP contribution in [0.3, 0.4) is 0 Å². The lowest BCUT2D eigenvalue weighted by atomic mass is 10.1. The van der Waals surface area contributed by atoms with E-state index in [0.717, 1.165) is 30.2 Å². The fraction of sp³-hybridized carbons (Fsp3) is 0.533. The highest BCUT2D eigenvalue weighted by molar-refractivity contribution is 7.09. The van der Waals surface area contributed by atoms with Crippen LogP contribution in [0.15, 0.2) is 17.8 Å². The van der Waals surface area contributed by atoms with Gasteiger partial charge in [0.1, 0.15) is 16.5 Å². The highest BCUT2D eigenvalue weighted by Crippen LogP contribution is 2.24. The molecule has 6 nitrogen and oxygen atoms in total. The molecule has 22 heavy (non-hydrogen) atoms. The van der Waals surface area contributed by atoms with E-state index in [9.17, 15) is 4.79 Å². The Morgan fingerprint density at radius 3 is 3.14 bits per heavy atom. The summed E-state index contributed by atoms with van der Waals surface area (Å²) in [6.07, 6.45) is 5.89. The maximum atomic E-state index is 12.6. The Hall–Kier alpha value is -1.73. The molecule has 1 atom stereocenters. The molecule has 0 aliphatic carbocycles. The second kappa shape index (κ2) is 6.58. The Bertz CT molecular complexity index is 652. The van der Waals surface area contributed by atoms with Gasteiger partial charge in [-0.2, -0.15) is 0 Å². The molecule has 7 heteroatoms. The molecule has 3 rings (SSSR count). The van der Waals surface area contributed by atoms with Crippen molar-refractivity contribution in [1.29, 1.82) is 0 Å². The van der Waals surface area contributed by atoms with E-state index in [1.165, 1.54) is 11.3 Å². The molecule has 0 aromatic carbocycles. The van der Waals surface area contributed by atoms with Gasteiger partial charge in [0.05, 0.1) is 12.6 Å². The van der Waals surface area contributed by atoms with Crippen molar-refractivity contribution in [3.8, 4) is 0 Å². The summed E-state index contributed by atoms with van der Waals surface area (Å²) in [5.41, 5.74) is 0.528. The summed E-state index contributed by atoms with van der Waals surface area (Å²) in [5, 5.41) is 2.66. The first kappa shape index (κ1) is 15.2. The van der Waals surface area contributed by atoms with Crippen LogP contribution < -0.4 is 0 Å². The summed E-state index contributed by atoms with van der Waals surface area (Å²) in [6.45, 7) is 3.96. The van der Waals surface area contributed by atoms with Crippen molar-refractivity contribution in [2.75, 3.05) is 20.2 Å². The predicted molar refractivity (Wildman–Crippen MR) is 84.0 cm³/mol. The van der Waals surface area contributed by atoms with Gasteiger partial charge in [-0.15, -0.1) is 11.3 Å². The number of ether oxygens (including phenoxy) is 1. The Labute approximate surface area is 133 Å². The van der Waals surface area contributed by atoms with E-state index in [1.807, 2.05) is 29.6 Å². The Kier molecular flexibility index (Phi) is 4.54. The zero-order valence-electron chi connectivity index (χ0n) is 12.9. The van der Waals surface area contributed by atoms with Gasteiger partial charge in [0.2, 0.25) is 0 Å². The molecule has 2 aromatic heterocycles. The number of likely N-dealkylation sites (tertiary alicyclic amines) is 1. The number of imidazole rings is 1. The molecule has 1 amide bonds. The average molecular weight is 320 g/mol. The average Bonchev–Trinajstić information content (AvgIpc) is 3.16. The number of carbonyl (C=O) groups excluding carboxylic acids is 1. The van der Waals surface area contributed by atoms with Crippen molar-refractivity contribution >= 4 is 17.2 Å². The maximum Gasteiger partial charge on any atom is 0.273 e. The summed E-state index contributed by atoms with van der Waals surface area (Å²) in [4.78, 5) is 23.2. The summed E-state index contributed by atoms with van der Waals surface area (Å²) in [6, 6.07) is 0.303. The third-order valence-electron chi connectivity index (χ3n) is 3.98. The van der Waals surface area contributed by atoms with Crippen molar-refractivity contribution in [2.24, 2.45) is 0 Å². The molecule has 118 valence electrons. The molecule has 1 aliphatic heterocycles. The molecular weight excluding hydrogens is 300 g/mol. The van der Waals surface area contributed by atoms with E-state index in [0.29, 0.717) is 24.9 Å². The second-order valence-corrected chi connectivity index (χ2v) is 6.43. The summed E-state index contributed by atoms with van der Waals surface area (Å²) >= 11 is 1.47. The number of hydrogen-bond acceptors (Lipinski definition) is 5. The first-order valence-corrected chi connectivity index (χ1v) is 8.29. The smallest absolute Gasteiger partial charge is 0.273 e. The Morgan fingerprint density at radius 1 is 1.55 bits per heavy atom. The third kappa shape index (κ3) is 3.05. The number of hydrogen-bond donors (Lipinski definition) is 0. The van der Waals surface area contributed by atoms with Gasteiger partial charge >= 0.3 is 0 Å². The third-order valence-corrected chi connectivity index (χ3v) is 4.80. The van der Waals surface area contributed by atoms with Gasteiger partial charge in [-0.1, -0.05) is 0 Å². The van der Waals surface area contributed by atoms with E-state index < -0.39 is 0 Å². The highest BCUT2D eigenvalue weighted by atomic mass is 32.1. The van der Waals surface area contributed by atoms with Crippen LogP contribution in [0.4, 0.5) is 0 Å². The minimum Gasteiger partial charge on any atom is -0.378 e. The first-order chi connectivity index (χ1) is 10.7. The van der Waals surface area contributed by atoms with Crippen LogP contribution in [0.2, 0.25) is 0 Å². The Morgan fingerprint density at radius 2 is 2.41 bits per heavy atom. The van der Waals surface area contributed by atoms with Gasteiger partial charge in [-0.3, -0.25) is 4.79 Å². The van der Waals surface area contributed by atoms with Crippen molar-refractivity contribution in [2.45, 2.75) is 32.4 Å². The van der Waals surface area contributed by atoms with E-state index in [1.54, 1.807) is 7.11 Å². The van der Waals surface area contributed by atoms with Gasteiger partial charge in [-0.25, -0.2) is 9.97 Å². The highest BCUT2D eigenvalue weighted by Gasteiger charge is 2.27. The number of carbonyl (C=O) groups is 1. The Balaban J connectivity index is 1.71. The monoisotopic (exact) mass is 320 g/mol. The fourth-order valence-corrected chi connectivity index (χ4v) is 3.64. The second-order valence-electron chi connectivity index (χ2n) is 5.49. The predicted octanol–water partition coefficient (Wildman–Crippen LogP) is 2.27. The van der Waals surface area contributed by atoms with Crippen LogP contribution in [-0.2, 0) is 11.3 Å². The van der Waals surface area contributed by atoms with Crippen LogP contribution in [-0.4, -0.2) is 45.5 Å². The minimum absolute atomic E-state index is 0.0149. The molecule has 0 N–H and O–H groups in total. The van der Waals surface area contributed by atoms with Crippen molar-refractivity contribution in [3.63, 3.8) is 0 Å². The zero-order chi connectivity index (χ0) is 15.5. The van der Waals surface area contributed by atoms with Gasteiger partial charge in [0.15, 0.2) is 0 Å². The molecule has 0 spiro atoms. The van der Waals surface area contributed by atoms with E-state index in [2.05, 4.69) is 14.5 Å². The molecule has 1 aliphatic rings. The quantitative estimate of drug-likeness (QED) is 0.867. The van der Waals surface area contributed by atoms with E-state index >= 15 is 0 Å². The minimum atomic E-state index is 0.0149. The molecule has 1 saturated heterocycles. The number of amides is 1. The van der Waals surface area contributed by atoms with Crippen molar-refractivity contribution in [3.05, 3.63) is 34.3 Å².